The van der Waals surface area contributed by atoms with Gasteiger partial charge in [-0.1, -0.05) is 17.4 Å². The Bertz CT molecular complexity index is 1180. The first-order valence-electron chi connectivity index (χ1n) is 10.4. The van der Waals surface area contributed by atoms with Crippen LogP contribution in [0.4, 0.5) is 27.2 Å². The molecule has 2 aromatic heterocycles. The van der Waals surface area contributed by atoms with Crippen LogP contribution in [0.5, 0.6) is 0 Å². The van der Waals surface area contributed by atoms with Crippen LogP contribution < -0.4 is 20.9 Å². The van der Waals surface area contributed by atoms with Crippen molar-refractivity contribution in [3.05, 3.63) is 46.7 Å². The van der Waals surface area contributed by atoms with E-state index in [1.54, 1.807) is 0 Å². The summed E-state index contributed by atoms with van der Waals surface area (Å²) in [5, 5.41) is 17.1. The number of H-pyrrole nitrogens is 1. The number of urea groups is 1. The summed E-state index contributed by atoms with van der Waals surface area (Å²) in [6, 6.07) is 5.43. The summed E-state index contributed by atoms with van der Waals surface area (Å²) in [7, 11) is 0. The van der Waals surface area contributed by atoms with Gasteiger partial charge in [-0.25, -0.2) is 19.6 Å². The molecule has 33 heavy (non-hydrogen) atoms. The predicted octanol–water partition coefficient (Wildman–Crippen LogP) is 3.76. The number of nitrogens with zero attached hydrogens (tertiary/aromatic N) is 3. The number of rotatable bonds is 6. The molecular formula is C21H23N7O4S. The number of aromatic nitrogens is 3. The van der Waals surface area contributed by atoms with E-state index in [4.69, 9.17) is 5.11 Å². The van der Waals surface area contributed by atoms with Crippen LogP contribution in [-0.2, 0) is 0 Å². The summed E-state index contributed by atoms with van der Waals surface area (Å²) in [6.07, 6.45) is 5.96. The van der Waals surface area contributed by atoms with Crippen LogP contribution in [0.25, 0.3) is 0 Å². The number of carbonyl (C=O) groups is 3. The Labute approximate surface area is 193 Å². The first-order valence-corrected chi connectivity index (χ1v) is 11.2. The Morgan fingerprint density at radius 3 is 2.64 bits per heavy atom. The van der Waals surface area contributed by atoms with Crippen molar-refractivity contribution in [3.63, 3.8) is 0 Å². The number of benzene rings is 1. The average molecular weight is 470 g/mol. The molecule has 12 heteroatoms. The zero-order chi connectivity index (χ0) is 23.4. The van der Waals surface area contributed by atoms with Crippen LogP contribution in [0.1, 0.15) is 45.0 Å². The lowest BCUT2D eigenvalue weighted by molar-refractivity contribution is 0.0690. The zero-order valence-electron chi connectivity index (χ0n) is 17.8. The molecule has 172 valence electrons. The van der Waals surface area contributed by atoms with Crippen molar-refractivity contribution < 1.29 is 19.5 Å². The van der Waals surface area contributed by atoms with Crippen LogP contribution in [0.3, 0.4) is 0 Å². The van der Waals surface area contributed by atoms with Gasteiger partial charge in [0.15, 0.2) is 10.8 Å². The second kappa shape index (κ2) is 9.69. The number of aromatic carboxylic acids is 1. The molecule has 4 rings (SSSR count). The molecule has 1 aromatic carbocycles. The summed E-state index contributed by atoms with van der Waals surface area (Å²) in [5.74, 6) is -1.74. The molecule has 1 aliphatic rings. The number of hydrogen-bond donors (Lipinski definition) is 5. The Morgan fingerprint density at radius 1 is 1.12 bits per heavy atom. The van der Waals surface area contributed by atoms with E-state index in [9.17, 15) is 14.4 Å². The molecule has 1 aliphatic heterocycles. The van der Waals surface area contributed by atoms with E-state index in [0.29, 0.717) is 5.69 Å². The molecule has 0 unspecified atom stereocenters. The largest absolute Gasteiger partial charge is 0.476 e. The fourth-order valence-electron chi connectivity index (χ4n) is 3.50. The number of hydrogen-bond acceptors (Lipinski definition) is 7. The van der Waals surface area contributed by atoms with E-state index in [0.717, 1.165) is 48.5 Å². The van der Waals surface area contributed by atoms with Gasteiger partial charge in [-0.15, -0.1) is 0 Å². The van der Waals surface area contributed by atoms with Gasteiger partial charge in [-0.05, 0) is 43.9 Å². The van der Waals surface area contributed by atoms with Gasteiger partial charge in [0, 0.05) is 19.3 Å². The summed E-state index contributed by atoms with van der Waals surface area (Å²) in [5.41, 5.74) is 2.60. The van der Waals surface area contributed by atoms with Crippen molar-refractivity contribution in [2.75, 3.05) is 33.9 Å². The van der Waals surface area contributed by atoms with Crippen molar-refractivity contribution >= 4 is 51.7 Å². The third kappa shape index (κ3) is 5.47. The van der Waals surface area contributed by atoms with Crippen molar-refractivity contribution in [3.8, 4) is 0 Å². The van der Waals surface area contributed by atoms with Crippen LogP contribution in [0, 0.1) is 6.92 Å². The summed E-state index contributed by atoms with van der Waals surface area (Å²) >= 11 is 0.983. The molecule has 1 fully saturated rings. The number of nitrogens with one attached hydrogen (secondary N) is 4. The average Bonchev–Trinajstić information content (AvgIpc) is 3.45. The molecule has 3 amide bonds. The molecule has 1 saturated heterocycles. The Balaban J connectivity index is 1.39. The maximum Gasteiger partial charge on any atom is 0.356 e. The van der Waals surface area contributed by atoms with Crippen LogP contribution in [0.2, 0.25) is 0 Å². The summed E-state index contributed by atoms with van der Waals surface area (Å²) < 4.78 is 0. The van der Waals surface area contributed by atoms with E-state index in [1.165, 1.54) is 18.8 Å². The third-order valence-corrected chi connectivity index (χ3v) is 5.99. The summed E-state index contributed by atoms with van der Waals surface area (Å²) in [6.45, 7) is 3.92. The maximum atomic E-state index is 12.6. The van der Waals surface area contributed by atoms with E-state index in [-0.39, 0.29) is 21.7 Å². The number of thiazole rings is 1. The fraction of sp³-hybridized carbons (Fsp3) is 0.286. The van der Waals surface area contributed by atoms with E-state index < -0.39 is 17.9 Å². The van der Waals surface area contributed by atoms with Crippen molar-refractivity contribution in [1.29, 1.82) is 0 Å². The summed E-state index contributed by atoms with van der Waals surface area (Å²) in [4.78, 5) is 48.7. The van der Waals surface area contributed by atoms with Gasteiger partial charge in [-0.2, -0.15) is 0 Å². The minimum absolute atomic E-state index is 0.00247. The number of imidazole rings is 1. The normalized spacial score (nSPS) is 13.4. The lowest BCUT2D eigenvalue weighted by Gasteiger charge is -2.30. The maximum absolute atomic E-state index is 12.6. The van der Waals surface area contributed by atoms with Crippen LogP contribution in [0.15, 0.2) is 30.6 Å². The first kappa shape index (κ1) is 22.3. The second-order valence-corrected chi connectivity index (χ2v) is 8.60. The predicted molar refractivity (Wildman–Crippen MR) is 125 cm³/mol. The number of carboxylic acids is 1. The lowest BCUT2D eigenvalue weighted by Crippen LogP contribution is -2.31. The zero-order valence-corrected chi connectivity index (χ0v) is 18.7. The Hall–Kier alpha value is -3.93. The number of carboxylic acid groups (broad SMARTS) is 1. The standard InChI is InChI=1S/C21H23N7O4S/c1-12-5-6-13(15(9-12)28-7-3-2-4-8-28)25-20(32)27-21-23-11-16(33-21)17(29)26-19-22-10-14(24-19)18(30)31/h5-6,9-11H,2-4,7-8H2,1H3,(H,30,31)(H2,22,24,26,29)(H2,23,25,27,32). The topological polar surface area (TPSA) is 152 Å². The lowest BCUT2D eigenvalue weighted by atomic mass is 10.1. The van der Waals surface area contributed by atoms with Crippen molar-refractivity contribution in [1.82, 2.24) is 15.0 Å². The molecule has 0 spiro atoms. The molecule has 11 nitrogen and oxygen atoms in total. The monoisotopic (exact) mass is 469 g/mol. The fourth-order valence-corrected chi connectivity index (χ4v) is 4.20. The quantitative estimate of drug-likeness (QED) is 0.368. The molecule has 0 aliphatic carbocycles. The Kier molecular flexibility index (Phi) is 6.54. The molecule has 5 N–H and O–H groups in total. The van der Waals surface area contributed by atoms with E-state index in [1.807, 2.05) is 19.1 Å². The minimum atomic E-state index is -1.21. The highest BCUT2D eigenvalue weighted by atomic mass is 32.1. The molecule has 0 atom stereocenters. The Morgan fingerprint density at radius 2 is 1.91 bits per heavy atom. The highest BCUT2D eigenvalue weighted by Gasteiger charge is 2.18. The molecule has 0 saturated carbocycles. The van der Waals surface area contributed by atoms with Gasteiger partial charge in [0.2, 0.25) is 5.95 Å². The smallest absolute Gasteiger partial charge is 0.356 e. The van der Waals surface area contributed by atoms with Gasteiger partial charge in [0.25, 0.3) is 5.91 Å². The third-order valence-electron chi connectivity index (χ3n) is 5.08. The van der Waals surface area contributed by atoms with Gasteiger partial charge in [0.05, 0.1) is 17.6 Å². The number of piperidine rings is 1. The van der Waals surface area contributed by atoms with Gasteiger partial charge < -0.3 is 20.3 Å². The molecule has 0 bridgehead atoms. The minimum Gasteiger partial charge on any atom is -0.476 e. The van der Waals surface area contributed by atoms with Gasteiger partial charge in [0.1, 0.15) is 4.88 Å². The molecule has 0 radical (unpaired) electrons. The highest BCUT2D eigenvalue weighted by molar-refractivity contribution is 7.17. The van der Waals surface area contributed by atoms with Crippen LogP contribution >= 0.6 is 11.3 Å². The number of amides is 3. The second-order valence-electron chi connectivity index (χ2n) is 7.57. The van der Waals surface area contributed by atoms with E-state index >= 15 is 0 Å². The van der Waals surface area contributed by atoms with Crippen molar-refractivity contribution in [2.45, 2.75) is 26.2 Å². The molecule has 3 heterocycles. The molecular weight excluding hydrogens is 446 g/mol. The highest BCUT2D eigenvalue weighted by Crippen LogP contribution is 2.30. The van der Waals surface area contributed by atoms with Crippen molar-refractivity contribution in [2.24, 2.45) is 0 Å². The first-order chi connectivity index (χ1) is 15.9. The molecule has 3 aromatic rings. The number of aromatic amines is 1. The number of aryl methyl sites for hydroxylation is 1. The van der Waals surface area contributed by atoms with Gasteiger partial charge in [-0.3, -0.25) is 15.4 Å². The number of carbonyl (C=O) groups excluding carboxylic acids is 2. The van der Waals surface area contributed by atoms with Crippen LogP contribution in [-0.4, -0.2) is 51.1 Å². The number of anilines is 4. The van der Waals surface area contributed by atoms with Gasteiger partial charge >= 0.3 is 12.0 Å². The SMILES string of the molecule is Cc1ccc(NC(=O)Nc2ncc(C(=O)Nc3nc(C(=O)O)c[nH]3)s2)c(N2CCCCC2)c1. The van der Waals surface area contributed by atoms with E-state index in [2.05, 4.69) is 41.9 Å².